The minimum atomic E-state index is -3.38. The van der Waals surface area contributed by atoms with Gasteiger partial charge in [0.2, 0.25) is 5.82 Å². The quantitative estimate of drug-likeness (QED) is 0.499. The van der Waals surface area contributed by atoms with Crippen LogP contribution in [-0.2, 0) is 4.79 Å². The van der Waals surface area contributed by atoms with Gasteiger partial charge in [0.15, 0.2) is 0 Å². The van der Waals surface area contributed by atoms with Gasteiger partial charge >= 0.3 is 18.2 Å². The molecular formula is C10H6BrClF2N4O2. The molecule has 2 aromatic heterocycles. The van der Waals surface area contributed by atoms with Crippen molar-refractivity contribution >= 4 is 44.9 Å². The van der Waals surface area contributed by atoms with E-state index in [0.29, 0.717) is 9.99 Å². The average Bonchev–Trinajstić information content (AvgIpc) is 2.79. The highest BCUT2D eigenvalue weighted by atomic mass is 79.9. The molecular weight excluding hydrogens is 361 g/mol. The number of nitrogens with two attached hydrogens (primary N) is 1. The van der Waals surface area contributed by atoms with Gasteiger partial charge in [-0.05, 0) is 22.0 Å². The number of pyridine rings is 1. The van der Waals surface area contributed by atoms with E-state index in [1.807, 2.05) is 0 Å². The summed E-state index contributed by atoms with van der Waals surface area (Å²) >= 11 is 9.10. The fourth-order valence-electron chi connectivity index (χ4n) is 1.50. The topological polar surface area (TPSA) is 80.7 Å². The number of carbonyl (C=O) groups excluding carboxylic acids is 2. The summed E-state index contributed by atoms with van der Waals surface area (Å²) in [6, 6.07) is 1.57. The van der Waals surface area contributed by atoms with E-state index in [1.54, 1.807) is 6.07 Å². The Balaban J connectivity index is 2.48. The van der Waals surface area contributed by atoms with Gasteiger partial charge in [-0.2, -0.15) is 8.78 Å². The van der Waals surface area contributed by atoms with Crippen molar-refractivity contribution in [3.63, 3.8) is 0 Å². The van der Waals surface area contributed by atoms with E-state index in [0.717, 1.165) is 0 Å². The second kappa shape index (κ2) is 5.43. The van der Waals surface area contributed by atoms with Gasteiger partial charge < -0.3 is 0 Å². The molecule has 6 nitrogen and oxygen atoms in total. The van der Waals surface area contributed by atoms with Crippen molar-refractivity contribution in [2.75, 3.05) is 0 Å². The van der Waals surface area contributed by atoms with E-state index in [-0.39, 0.29) is 15.9 Å². The molecule has 2 N–H and O–H groups in total. The molecule has 0 aliphatic carbocycles. The molecule has 106 valence electrons. The first-order valence-corrected chi connectivity index (χ1v) is 6.23. The molecule has 0 saturated carbocycles. The van der Waals surface area contributed by atoms with Crippen LogP contribution in [0.25, 0.3) is 5.52 Å². The smallest absolute Gasteiger partial charge is 0.293 e. The monoisotopic (exact) mass is 366 g/mol. The van der Waals surface area contributed by atoms with Crippen molar-refractivity contribution in [3.05, 3.63) is 33.8 Å². The van der Waals surface area contributed by atoms with Gasteiger partial charge in [0.1, 0.15) is 0 Å². The largest absolute Gasteiger partial charge is 0.317 e. The van der Waals surface area contributed by atoms with Crippen LogP contribution in [0.15, 0.2) is 22.9 Å². The maximum atomic E-state index is 12.2. The number of aromatic nitrogens is 2. The number of rotatable bonds is 2. The maximum absolute atomic E-state index is 12.2. The lowest BCUT2D eigenvalue weighted by Gasteiger charge is -2.13. The Bertz CT molecular complexity index is 706. The van der Waals surface area contributed by atoms with Gasteiger partial charge in [-0.1, -0.05) is 11.6 Å². The maximum Gasteiger partial charge on any atom is 0.317 e. The van der Waals surface area contributed by atoms with Crippen molar-refractivity contribution in [3.8, 4) is 0 Å². The van der Waals surface area contributed by atoms with Crippen LogP contribution in [0.2, 0.25) is 5.02 Å². The Morgan fingerprint density at radius 3 is 2.75 bits per heavy atom. The normalized spacial score (nSPS) is 11.1. The zero-order valence-electron chi connectivity index (χ0n) is 9.56. The zero-order chi connectivity index (χ0) is 15.0. The highest BCUT2D eigenvalue weighted by molar-refractivity contribution is 9.10. The second-order valence-electron chi connectivity index (χ2n) is 3.66. The number of imidazole rings is 1. The molecule has 10 heteroatoms. The van der Waals surface area contributed by atoms with Crippen molar-refractivity contribution < 1.29 is 18.4 Å². The number of hydrogen-bond donors (Lipinski definition) is 1. The molecule has 2 amide bonds. The molecule has 0 aliphatic rings. The number of hydrazine groups is 1. The number of amides is 2. The van der Waals surface area contributed by atoms with Crippen LogP contribution in [0.1, 0.15) is 10.6 Å². The Morgan fingerprint density at radius 1 is 1.50 bits per heavy atom. The fraction of sp³-hybridized carbons (Fsp3) is 0.100. The SMILES string of the molecule is NN(C(=O)c1ncc2c(Cl)cc(Br)cn12)C(=O)C(F)F. The van der Waals surface area contributed by atoms with Crippen LogP contribution < -0.4 is 5.84 Å². The molecule has 0 aromatic carbocycles. The summed E-state index contributed by atoms with van der Waals surface area (Å²) in [7, 11) is 0. The van der Waals surface area contributed by atoms with Crippen LogP contribution in [0.5, 0.6) is 0 Å². The summed E-state index contributed by atoms with van der Waals surface area (Å²) in [4.78, 5) is 26.6. The number of alkyl halides is 2. The van der Waals surface area contributed by atoms with Crippen molar-refractivity contribution in [2.24, 2.45) is 5.84 Å². The van der Waals surface area contributed by atoms with Gasteiger partial charge in [-0.25, -0.2) is 15.8 Å². The fourth-order valence-corrected chi connectivity index (χ4v) is 2.32. The summed E-state index contributed by atoms with van der Waals surface area (Å²) in [5, 5.41) is 0.114. The van der Waals surface area contributed by atoms with Crippen molar-refractivity contribution in [1.29, 1.82) is 0 Å². The van der Waals surface area contributed by atoms with Crippen molar-refractivity contribution in [1.82, 2.24) is 14.4 Å². The van der Waals surface area contributed by atoms with Gasteiger partial charge in [0, 0.05) is 10.7 Å². The van der Waals surface area contributed by atoms with Gasteiger partial charge in [-0.15, -0.1) is 0 Å². The van der Waals surface area contributed by atoms with Gasteiger partial charge in [0.25, 0.3) is 0 Å². The Hall–Kier alpha value is -1.58. The van der Waals surface area contributed by atoms with Crippen LogP contribution in [0.3, 0.4) is 0 Å². The van der Waals surface area contributed by atoms with Crippen LogP contribution in [-0.4, -0.2) is 32.6 Å². The molecule has 0 atom stereocenters. The molecule has 0 aliphatic heterocycles. The Labute approximate surface area is 124 Å². The van der Waals surface area contributed by atoms with E-state index in [2.05, 4.69) is 20.9 Å². The molecule has 0 fully saturated rings. The van der Waals surface area contributed by atoms with E-state index in [9.17, 15) is 18.4 Å². The number of imide groups is 1. The molecule has 20 heavy (non-hydrogen) atoms. The van der Waals surface area contributed by atoms with Gasteiger partial charge in [0.05, 0.1) is 16.7 Å². The minimum absolute atomic E-state index is 0.172. The Kier molecular flexibility index (Phi) is 4.02. The first kappa shape index (κ1) is 14.8. The lowest BCUT2D eigenvalue weighted by Crippen LogP contribution is -2.46. The van der Waals surface area contributed by atoms with E-state index < -0.39 is 18.2 Å². The van der Waals surface area contributed by atoms with E-state index in [1.165, 1.54) is 16.8 Å². The molecule has 0 bridgehead atoms. The first-order valence-electron chi connectivity index (χ1n) is 5.06. The third-order valence-electron chi connectivity index (χ3n) is 2.39. The highest BCUT2D eigenvalue weighted by Gasteiger charge is 2.29. The van der Waals surface area contributed by atoms with Crippen LogP contribution >= 0.6 is 27.5 Å². The molecule has 2 heterocycles. The second-order valence-corrected chi connectivity index (χ2v) is 4.98. The summed E-state index contributed by atoms with van der Waals surface area (Å²) in [6.07, 6.45) is -0.671. The van der Waals surface area contributed by atoms with E-state index in [4.69, 9.17) is 17.4 Å². The van der Waals surface area contributed by atoms with Crippen LogP contribution in [0.4, 0.5) is 8.78 Å². The summed E-state index contributed by atoms with van der Waals surface area (Å²) in [5.41, 5.74) is 0.371. The van der Waals surface area contributed by atoms with E-state index >= 15 is 0 Å². The highest BCUT2D eigenvalue weighted by Crippen LogP contribution is 2.23. The number of halogens is 4. The third kappa shape index (κ3) is 2.51. The Morgan fingerprint density at radius 2 is 2.15 bits per heavy atom. The third-order valence-corrected chi connectivity index (χ3v) is 3.13. The molecule has 2 aromatic rings. The number of hydrogen-bond acceptors (Lipinski definition) is 4. The zero-order valence-corrected chi connectivity index (χ0v) is 11.9. The minimum Gasteiger partial charge on any atom is -0.293 e. The standard InChI is InChI=1S/C10H6BrClF2N4O2/c11-4-1-5(12)6-2-16-8(17(6)3-4)10(20)18(15)9(19)7(13)14/h1-3,7H,15H2. The summed E-state index contributed by atoms with van der Waals surface area (Å²) in [6.45, 7) is 0. The van der Waals surface area contributed by atoms with Crippen molar-refractivity contribution in [2.45, 2.75) is 6.43 Å². The molecule has 0 radical (unpaired) electrons. The lowest BCUT2D eigenvalue weighted by molar-refractivity contribution is -0.140. The molecule has 0 saturated heterocycles. The van der Waals surface area contributed by atoms with Gasteiger partial charge in [-0.3, -0.25) is 14.0 Å². The predicted octanol–water partition coefficient (Wildman–Crippen LogP) is 1.86. The molecule has 0 unspecified atom stereocenters. The lowest BCUT2D eigenvalue weighted by atomic mass is 10.4. The number of carbonyl (C=O) groups is 2. The molecule has 0 spiro atoms. The number of fused-ring (bicyclic) bond motifs is 1. The average molecular weight is 368 g/mol. The summed E-state index contributed by atoms with van der Waals surface area (Å²) < 4.78 is 26.3. The number of nitrogens with zero attached hydrogens (tertiary/aromatic N) is 3. The summed E-state index contributed by atoms with van der Waals surface area (Å²) in [5.74, 6) is 1.80. The molecule has 2 rings (SSSR count). The first-order chi connectivity index (χ1) is 9.32. The van der Waals surface area contributed by atoms with Crippen LogP contribution in [0, 0.1) is 0 Å². The predicted molar refractivity (Wildman–Crippen MR) is 69.3 cm³/mol.